The predicted molar refractivity (Wildman–Crippen MR) is 103 cm³/mol. The summed E-state index contributed by atoms with van der Waals surface area (Å²) in [6.45, 7) is 6.73. The van der Waals surface area contributed by atoms with Crippen molar-refractivity contribution in [2.24, 2.45) is 5.73 Å². The minimum absolute atomic E-state index is 0.165. The summed E-state index contributed by atoms with van der Waals surface area (Å²) in [6.07, 6.45) is 3.00. The standard InChI is InChI=1S/C19H22N6O2/c1-4-19(5-2)11-9-13-14(10-15(11)24(6-3)17(19)26)22-16(21-13)12-7-8-25(23-12)18(20)27/h7-10H,4-6H2,1-3H3,(H2,20,27)(H,21,22). The molecule has 3 aromatic rings. The number of anilines is 1. The second-order valence-corrected chi connectivity index (χ2v) is 6.79. The number of amides is 2. The van der Waals surface area contributed by atoms with Gasteiger partial charge in [0, 0.05) is 12.7 Å². The van der Waals surface area contributed by atoms with Crippen LogP contribution >= 0.6 is 0 Å². The highest BCUT2D eigenvalue weighted by molar-refractivity contribution is 6.10. The lowest BCUT2D eigenvalue weighted by atomic mass is 9.77. The number of aromatic nitrogens is 4. The van der Waals surface area contributed by atoms with Crippen LogP contribution in [0.5, 0.6) is 0 Å². The molecular formula is C19H22N6O2. The molecule has 27 heavy (non-hydrogen) atoms. The number of hydrogen-bond acceptors (Lipinski definition) is 4. The van der Waals surface area contributed by atoms with Crippen LogP contribution in [-0.4, -0.2) is 38.2 Å². The molecule has 0 unspecified atom stereocenters. The average Bonchev–Trinajstić information content (AvgIpc) is 3.34. The van der Waals surface area contributed by atoms with E-state index in [4.69, 9.17) is 5.73 Å². The summed E-state index contributed by atoms with van der Waals surface area (Å²) in [4.78, 5) is 34.0. The molecule has 0 fully saturated rings. The normalized spacial score (nSPS) is 15.5. The fraction of sp³-hybridized carbons (Fsp3) is 0.368. The lowest BCUT2D eigenvalue weighted by Gasteiger charge is -2.25. The Kier molecular flexibility index (Phi) is 3.80. The summed E-state index contributed by atoms with van der Waals surface area (Å²) in [7, 11) is 0. The number of benzene rings is 1. The molecule has 0 saturated carbocycles. The first-order valence-electron chi connectivity index (χ1n) is 9.17. The molecule has 0 bridgehead atoms. The second kappa shape index (κ2) is 5.94. The summed E-state index contributed by atoms with van der Waals surface area (Å²) in [5.41, 5.74) is 8.86. The molecule has 1 aliphatic rings. The van der Waals surface area contributed by atoms with Gasteiger partial charge in [-0.3, -0.25) is 4.79 Å². The number of nitrogens with two attached hydrogens (primary N) is 1. The van der Waals surface area contributed by atoms with Crippen LogP contribution in [0.1, 0.15) is 39.2 Å². The number of aromatic amines is 1. The molecule has 0 aliphatic carbocycles. The maximum Gasteiger partial charge on any atom is 0.339 e. The van der Waals surface area contributed by atoms with Crippen molar-refractivity contribution >= 4 is 28.7 Å². The van der Waals surface area contributed by atoms with Gasteiger partial charge in [-0.15, -0.1) is 0 Å². The fourth-order valence-corrected chi connectivity index (χ4v) is 4.08. The first-order valence-corrected chi connectivity index (χ1v) is 9.17. The van der Waals surface area contributed by atoms with Gasteiger partial charge >= 0.3 is 6.03 Å². The molecule has 2 amide bonds. The first kappa shape index (κ1) is 17.3. The molecule has 0 spiro atoms. The topological polar surface area (TPSA) is 110 Å². The minimum Gasteiger partial charge on any atom is -0.350 e. The van der Waals surface area contributed by atoms with Gasteiger partial charge in [-0.1, -0.05) is 13.8 Å². The van der Waals surface area contributed by atoms with Crippen molar-refractivity contribution in [3.63, 3.8) is 0 Å². The Labute approximate surface area is 156 Å². The van der Waals surface area contributed by atoms with Crippen molar-refractivity contribution in [1.29, 1.82) is 0 Å². The van der Waals surface area contributed by atoms with E-state index in [1.807, 2.05) is 24.0 Å². The number of primary amides is 1. The SMILES string of the molecule is CCN1C(=O)C(CC)(CC)c2cc3[nH]c(-c4ccn(C(N)=O)n4)nc3cc21. The number of carbonyl (C=O) groups excluding carboxylic acids is 2. The Bertz CT molecular complexity index is 1060. The van der Waals surface area contributed by atoms with Crippen molar-refractivity contribution in [2.45, 2.75) is 39.0 Å². The van der Waals surface area contributed by atoms with Crippen LogP contribution in [0, 0.1) is 0 Å². The van der Waals surface area contributed by atoms with E-state index in [-0.39, 0.29) is 5.91 Å². The number of rotatable bonds is 4. The Hall–Kier alpha value is -3.16. The summed E-state index contributed by atoms with van der Waals surface area (Å²) in [6, 6.07) is 5.03. The van der Waals surface area contributed by atoms with E-state index in [0.717, 1.165) is 39.8 Å². The molecule has 3 heterocycles. The lowest BCUT2D eigenvalue weighted by molar-refractivity contribution is -0.123. The first-order chi connectivity index (χ1) is 12.9. The van der Waals surface area contributed by atoms with Gasteiger partial charge in [-0.25, -0.2) is 9.78 Å². The predicted octanol–water partition coefficient (Wildman–Crippen LogP) is 2.78. The highest BCUT2D eigenvalue weighted by Gasteiger charge is 2.48. The molecule has 0 atom stereocenters. The van der Waals surface area contributed by atoms with Crippen LogP contribution in [0.25, 0.3) is 22.6 Å². The number of hydrogen-bond donors (Lipinski definition) is 2. The number of imidazole rings is 1. The summed E-state index contributed by atoms with van der Waals surface area (Å²) < 4.78 is 1.07. The quantitative estimate of drug-likeness (QED) is 0.740. The van der Waals surface area contributed by atoms with Crippen LogP contribution in [-0.2, 0) is 10.2 Å². The molecule has 1 aliphatic heterocycles. The summed E-state index contributed by atoms with van der Waals surface area (Å²) in [5, 5.41) is 4.14. The highest BCUT2D eigenvalue weighted by atomic mass is 16.2. The van der Waals surface area contributed by atoms with Crippen LogP contribution in [0.2, 0.25) is 0 Å². The van der Waals surface area contributed by atoms with Gasteiger partial charge in [-0.2, -0.15) is 9.78 Å². The molecule has 2 aromatic heterocycles. The molecule has 8 heteroatoms. The van der Waals surface area contributed by atoms with Gasteiger partial charge in [0.1, 0.15) is 5.69 Å². The van der Waals surface area contributed by atoms with E-state index in [1.165, 1.54) is 6.20 Å². The minimum atomic E-state index is -0.649. The number of fused-ring (bicyclic) bond motifs is 2. The van der Waals surface area contributed by atoms with E-state index in [0.29, 0.717) is 18.1 Å². The van der Waals surface area contributed by atoms with E-state index in [9.17, 15) is 9.59 Å². The molecule has 0 radical (unpaired) electrons. The maximum absolute atomic E-state index is 13.1. The van der Waals surface area contributed by atoms with Gasteiger partial charge in [0.15, 0.2) is 5.82 Å². The molecule has 140 valence electrons. The van der Waals surface area contributed by atoms with E-state index in [2.05, 4.69) is 28.9 Å². The third kappa shape index (κ3) is 2.29. The van der Waals surface area contributed by atoms with Gasteiger partial charge in [0.25, 0.3) is 0 Å². The molecular weight excluding hydrogens is 344 g/mol. The lowest BCUT2D eigenvalue weighted by Crippen LogP contribution is -2.39. The number of nitrogens with zero attached hydrogens (tertiary/aromatic N) is 4. The van der Waals surface area contributed by atoms with Gasteiger partial charge in [0.2, 0.25) is 5.91 Å². The van der Waals surface area contributed by atoms with Crippen molar-refractivity contribution in [3.05, 3.63) is 30.0 Å². The third-order valence-corrected chi connectivity index (χ3v) is 5.64. The second-order valence-electron chi connectivity index (χ2n) is 6.79. The van der Waals surface area contributed by atoms with Crippen molar-refractivity contribution < 1.29 is 9.59 Å². The monoisotopic (exact) mass is 366 g/mol. The van der Waals surface area contributed by atoms with Crippen LogP contribution in [0.3, 0.4) is 0 Å². The Morgan fingerprint density at radius 2 is 2.00 bits per heavy atom. The Balaban J connectivity index is 1.88. The summed E-state index contributed by atoms with van der Waals surface area (Å²) >= 11 is 0. The van der Waals surface area contributed by atoms with Gasteiger partial charge < -0.3 is 15.6 Å². The third-order valence-electron chi connectivity index (χ3n) is 5.64. The van der Waals surface area contributed by atoms with Crippen LogP contribution in [0.15, 0.2) is 24.4 Å². The highest BCUT2D eigenvalue weighted by Crippen LogP contribution is 2.47. The van der Waals surface area contributed by atoms with Crippen molar-refractivity contribution in [2.75, 3.05) is 11.4 Å². The maximum atomic E-state index is 13.1. The molecule has 8 nitrogen and oxygen atoms in total. The Morgan fingerprint density at radius 3 is 2.59 bits per heavy atom. The van der Waals surface area contributed by atoms with Gasteiger partial charge in [-0.05, 0) is 43.5 Å². The molecule has 0 saturated heterocycles. The molecule has 4 rings (SSSR count). The number of likely N-dealkylation sites (N-methyl/N-ethyl adjacent to an activating group) is 1. The van der Waals surface area contributed by atoms with E-state index >= 15 is 0 Å². The summed E-state index contributed by atoms with van der Waals surface area (Å²) in [5.74, 6) is 0.722. The zero-order valence-corrected chi connectivity index (χ0v) is 15.6. The van der Waals surface area contributed by atoms with Crippen molar-refractivity contribution in [1.82, 2.24) is 19.7 Å². The average molecular weight is 366 g/mol. The van der Waals surface area contributed by atoms with Crippen LogP contribution < -0.4 is 10.6 Å². The zero-order chi connectivity index (χ0) is 19.3. The largest absolute Gasteiger partial charge is 0.350 e. The van der Waals surface area contributed by atoms with E-state index in [1.54, 1.807) is 6.07 Å². The Morgan fingerprint density at radius 1 is 1.26 bits per heavy atom. The van der Waals surface area contributed by atoms with E-state index < -0.39 is 11.4 Å². The fourth-order valence-electron chi connectivity index (χ4n) is 4.08. The zero-order valence-electron chi connectivity index (χ0n) is 15.6. The van der Waals surface area contributed by atoms with Crippen LogP contribution in [0.4, 0.5) is 10.5 Å². The number of H-pyrrole nitrogens is 1. The molecule has 3 N–H and O–H groups in total. The molecule has 1 aromatic carbocycles. The van der Waals surface area contributed by atoms with Crippen molar-refractivity contribution in [3.8, 4) is 11.5 Å². The van der Waals surface area contributed by atoms with Gasteiger partial charge in [0.05, 0.1) is 22.1 Å². The number of nitrogens with one attached hydrogen (secondary N) is 1. The smallest absolute Gasteiger partial charge is 0.339 e. The number of carbonyl (C=O) groups is 2.